The van der Waals surface area contributed by atoms with E-state index in [9.17, 15) is 4.79 Å². The maximum Gasteiger partial charge on any atom is 0.185 e. The van der Waals surface area contributed by atoms with E-state index < -0.39 is 0 Å². The summed E-state index contributed by atoms with van der Waals surface area (Å²) in [5, 5.41) is 2.86. The minimum atomic E-state index is 0.0117. The molecule has 1 saturated heterocycles. The minimum Gasteiger partial charge on any atom is -0.354 e. The molecule has 1 aliphatic rings. The highest BCUT2D eigenvalue weighted by Gasteiger charge is 2.24. The van der Waals surface area contributed by atoms with Crippen LogP contribution in [-0.4, -0.2) is 58.9 Å². The number of aromatic nitrogens is 4. The fraction of sp³-hybridized carbons (Fsp3) is 0.261. The number of hydrogen-bond donors (Lipinski definition) is 1. The minimum absolute atomic E-state index is 0.0117. The average molecular weight is 446 g/mol. The number of anilines is 2. The number of carbonyl (C=O) groups is 1. The number of pyridine rings is 3. The Morgan fingerprint density at radius 1 is 1.09 bits per heavy atom. The molecule has 5 heterocycles. The van der Waals surface area contributed by atoms with E-state index in [1.807, 2.05) is 49.6 Å². The van der Waals surface area contributed by atoms with Crippen molar-refractivity contribution in [2.24, 2.45) is 5.73 Å². The molecule has 0 bridgehead atoms. The van der Waals surface area contributed by atoms with Gasteiger partial charge in [-0.3, -0.25) is 14.8 Å². The first-order valence-electron chi connectivity index (χ1n) is 10.3. The fourth-order valence-corrected chi connectivity index (χ4v) is 4.44. The first-order valence-corrected chi connectivity index (χ1v) is 11.2. The van der Waals surface area contributed by atoms with Crippen molar-refractivity contribution in [1.82, 2.24) is 19.9 Å². The van der Waals surface area contributed by atoms with Crippen molar-refractivity contribution in [1.29, 1.82) is 0 Å². The van der Waals surface area contributed by atoms with Gasteiger partial charge in [0.1, 0.15) is 5.82 Å². The number of ketones is 1. The summed E-state index contributed by atoms with van der Waals surface area (Å²) < 4.78 is 0. The Hall–Kier alpha value is -3.43. The fourth-order valence-electron chi connectivity index (χ4n) is 3.64. The lowest BCUT2D eigenvalue weighted by Gasteiger charge is -2.37. The van der Waals surface area contributed by atoms with Gasteiger partial charge in [0.15, 0.2) is 10.9 Å². The molecule has 1 aliphatic heterocycles. The zero-order valence-corrected chi connectivity index (χ0v) is 18.7. The summed E-state index contributed by atoms with van der Waals surface area (Å²) in [6, 6.07) is 7.75. The highest BCUT2D eigenvalue weighted by molar-refractivity contribution is 7.18. The third-order valence-electron chi connectivity index (χ3n) is 5.43. The van der Waals surface area contributed by atoms with Gasteiger partial charge in [-0.25, -0.2) is 9.97 Å². The highest BCUT2D eigenvalue weighted by Crippen LogP contribution is 2.30. The van der Waals surface area contributed by atoms with Crippen LogP contribution in [0.4, 0.5) is 10.9 Å². The second-order valence-corrected chi connectivity index (χ2v) is 9.17. The van der Waals surface area contributed by atoms with Crippen molar-refractivity contribution in [3.05, 3.63) is 60.3 Å². The van der Waals surface area contributed by atoms with Crippen LogP contribution in [0.1, 0.15) is 16.1 Å². The molecule has 0 radical (unpaired) electrons. The topological polar surface area (TPSA) is 101 Å². The summed E-state index contributed by atoms with van der Waals surface area (Å²) in [6.45, 7) is 1.53. The van der Waals surface area contributed by atoms with Crippen molar-refractivity contribution in [3.63, 3.8) is 0 Å². The highest BCUT2D eigenvalue weighted by atomic mass is 32.1. The molecule has 1 fully saturated rings. The Bertz CT molecular complexity index is 1300. The summed E-state index contributed by atoms with van der Waals surface area (Å²) in [4.78, 5) is 35.8. The Labute approximate surface area is 189 Å². The lowest BCUT2D eigenvalue weighted by atomic mass is 10.0. The summed E-state index contributed by atoms with van der Waals surface area (Å²) in [6.07, 6.45) is 7.32. The number of nitrogens with two attached hydrogens (primary N) is 1. The Morgan fingerprint density at radius 2 is 1.91 bits per heavy atom. The maximum absolute atomic E-state index is 12.9. The summed E-state index contributed by atoms with van der Waals surface area (Å²) >= 11 is 1.59. The third-order valence-corrected chi connectivity index (χ3v) is 6.62. The molecule has 5 rings (SSSR count). The van der Waals surface area contributed by atoms with Gasteiger partial charge in [0.25, 0.3) is 0 Å². The first kappa shape index (κ1) is 20.5. The van der Waals surface area contributed by atoms with E-state index in [0.29, 0.717) is 5.56 Å². The molecule has 32 heavy (non-hydrogen) atoms. The van der Waals surface area contributed by atoms with Crippen LogP contribution in [0.5, 0.6) is 0 Å². The average Bonchev–Trinajstić information content (AvgIpc) is 3.27. The molecule has 162 valence electrons. The van der Waals surface area contributed by atoms with E-state index in [1.165, 1.54) is 0 Å². The summed E-state index contributed by atoms with van der Waals surface area (Å²) in [5.41, 5.74) is 8.08. The number of nitrogens with zero attached hydrogens (tertiary/aromatic N) is 6. The van der Waals surface area contributed by atoms with E-state index in [1.54, 1.807) is 29.8 Å². The Kier molecular flexibility index (Phi) is 5.28. The van der Waals surface area contributed by atoms with Crippen LogP contribution in [0.15, 0.2) is 49.1 Å². The van der Waals surface area contributed by atoms with Crippen LogP contribution in [0.2, 0.25) is 0 Å². The van der Waals surface area contributed by atoms with Crippen LogP contribution in [0.3, 0.4) is 0 Å². The van der Waals surface area contributed by atoms with Crippen LogP contribution in [-0.2, 0) is 6.42 Å². The van der Waals surface area contributed by atoms with E-state index >= 15 is 0 Å². The van der Waals surface area contributed by atoms with Crippen molar-refractivity contribution >= 4 is 38.8 Å². The second kappa shape index (κ2) is 8.25. The van der Waals surface area contributed by atoms with Gasteiger partial charge in [-0.05, 0) is 29.7 Å². The second-order valence-electron chi connectivity index (χ2n) is 8.16. The molecule has 4 aromatic rings. The molecule has 0 spiro atoms. The van der Waals surface area contributed by atoms with E-state index in [4.69, 9.17) is 5.73 Å². The van der Waals surface area contributed by atoms with Gasteiger partial charge in [-0.1, -0.05) is 11.3 Å². The zero-order valence-electron chi connectivity index (χ0n) is 17.9. The normalized spacial score (nSPS) is 13.9. The predicted molar refractivity (Wildman–Crippen MR) is 127 cm³/mol. The molecule has 8 nitrogen and oxygen atoms in total. The van der Waals surface area contributed by atoms with Gasteiger partial charge in [-0.15, -0.1) is 0 Å². The van der Waals surface area contributed by atoms with Gasteiger partial charge in [0, 0.05) is 74.7 Å². The van der Waals surface area contributed by atoms with Crippen molar-refractivity contribution < 1.29 is 4.79 Å². The number of fused-ring (bicyclic) bond motifs is 1. The standard InChI is InChI=1S/C23H23N7OS/c1-29(2)23-28-11-21(32-23)19-6-15-5-18(26-9-16(15)10-27-19)8-20(31)14-3-4-25-22(7-14)30-12-17(24)13-30/h3-7,9-11,17H,8,12-13,24H2,1-2H3. The molecule has 2 N–H and O–H groups in total. The first-order chi connectivity index (χ1) is 15.5. The number of thiazole rings is 1. The Morgan fingerprint density at radius 3 is 2.66 bits per heavy atom. The number of Topliss-reactive ketones (excluding diaryl/α,β-unsaturated/α-hetero) is 1. The predicted octanol–water partition coefficient (Wildman–Crippen LogP) is 2.79. The van der Waals surface area contributed by atoms with Crippen LogP contribution in [0, 0.1) is 0 Å². The quantitative estimate of drug-likeness (QED) is 0.452. The van der Waals surface area contributed by atoms with Gasteiger partial charge in [0.2, 0.25) is 0 Å². The van der Waals surface area contributed by atoms with Crippen molar-refractivity contribution in [3.8, 4) is 10.6 Å². The molecular formula is C23H23N7OS. The van der Waals surface area contributed by atoms with Crippen LogP contribution >= 0.6 is 11.3 Å². The zero-order chi connectivity index (χ0) is 22.2. The van der Waals surface area contributed by atoms with Gasteiger partial charge in [0.05, 0.1) is 17.0 Å². The lowest BCUT2D eigenvalue weighted by molar-refractivity contribution is 0.0992. The van der Waals surface area contributed by atoms with Crippen LogP contribution < -0.4 is 15.5 Å². The molecule has 0 saturated carbocycles. The van der Waals surface area contributed by atoms with Gasteiger partial charge < -0.3 is 15.5 Å². The van der Waals surface area contributed by atoms with Gasteiger partial charge in [-0.2, -0.15) is 0 Å². The largest absolute Gasteiger partial charge is 0.354 e. The smallest absolute Gasteiger partial charge is 0.185 e. The molecule has 0 aromatic carbocycles. The summed E-state index contributed by atoms with van der Waals surface area (Å²) in [5.74, 6) is 0.805. The molecule has 0 aliphatic carbocycles. The van der Waals surface area contributed by atoms with Crippen molar-refractivity contribution in [2.45, 2.75) is 12.5 Å². The van der Waals surface area contributed by atoms with Gasteiger partial charge >= 0.3 is 0 Å². The molecular weight excluding hydrogens is 422 g/mol. The SMILES string of the molecule is CN(C)c1ncc(-c2cc3cc(CC(=O)c4ccnc(N5CC(N)C5)c4)ncc3cn2)s1. The summed E-state index contributed by atoms with van der Waals surface area (Å²) in [7, 11) is 3.94. The van der Waals surface area contributed by atoms with E-state index in [-0.39, 0.29) is 18.2 Å². The monoisotopic (exact) mass is 445 g/mol. The Balaban J connectivity index is 1.37. The molecule has 0 amide bonds. The number of carbonyl (C=O) groups excluding carboxylic acids is 1. The lowest BCUT2D eigenvalue weighted by Crippen LogP contribution is -2.56. The van der Waals surface area contributed by atoms with Crippen molar-refractivity contribution in [2.75, 3.05) is 37.0 Å². The molecule has 4 aromatic heterocycles. The third kappa shape index (κ3) is 4.04. The number of hydrogen-bond acceptors (Lipinski definition) is 9. The molecule has 9 heteroatoms. The molecule has 0 atom stereocenters. The maximum atomic E-state index is 12.9. The number of rotatable bonds is 6. The molecule has 0 unspecified atom stereocenters. The van der Waals surface area contributed by atoms with E-state index in [2.05, 4.69) is 24.8 Å². The van der Waals surface area contributed by atoms with Crippen LogP contribution in [0.25, 0.3) is 21.3 Å². The van der Waals surface area contributed by atoms with E-state index in [0.717, 1.165) is 51.1 Å².